The van der Waals surface area contributed by atoms with Gasteiger partial charge in [-0.3, -0.25) is 4.90 Å². The van der Waals surface area contributed by atoms with Crippen molar-refractivity contribution in [3.63, 3.8) is 0 Å². The molecule has 4 saturated carbocycles. The molecule has 0 aromatic heterocycles. The number of piperazine rings is 1. The van der Waals surface area contributed by atoms with E-state index in [-0.39, 0.29) is 6.03 Å². The zero-order valence-corrected chi connectivity index (χ0v) is 14.3. The topological polar surface area (TPSA) is 61.6 Å². The van der Waals surface area contributed by atoms with Crippen molar-refractivity contribution in [3.8, 4) is 0 Å². The van der Waals surface area contributed by atoms with Crippen LogP contribution in [-0.4, -0.2) is 61.6 Å². The van der Waals surface area contributed by atoms with Gasteiger partial charge in [-0.25, -0.2) is 4.79 Å². The average molecular weight is 320 g/mol. The van der Waals surface area contributed by atoms with Crippen LogP contribution in [0, 0.1) is 23.2 Å². The summed E-state index contributed by atoms with van der Waals surface area (Å²) in [7, 11) is 0. The van der Waals surface area contributed by atoms with E-state index in [2.05, 4.69) is 10.2 Å². The van der Waals surface area contributed by atoms with Crippen LogP contribution in [0.2, 0.25) is 0 Å². The molecule has 0 spiro atoms. The maximum atomic E-state index is 12.5. The minimum atomic E-state index is 0.160. The minimum Gasteiger partial charge on any atom is -0.337 e. The molecule has 0 radical (unpaired) electrons. The predicted octanol–water partition coefficient (Wildman–Crippen LogP) is 1.49. The fourth-order valence-corrected chi connectivity index (χ4v) is 6.24. The molecule has 4 aliphatic carbocycles. The number of carbonyl (C=O) groups is 1. The summed E-state index contributed by atoms with van der Waals surface area (Å²) in [6.07, 6.45) is 8.50. The highest BCUT2D eigenvalue weighted by Gasteiger charge is 2.50. The fraction of sp³-hybridized carbons (Fsp3) is 0.944. The van der Waals surface area contributed by atoms with Gasteiger partial charge in [0.15, 0.2) is 0 Å². The van der Waals surface area contributed by atoms with Crippen molar-refractivity contribution in [2.24, 2.45) is 28.9 Å². The monoisotopic (exact) mass is 320 g/mol. The Labute approximate surface area is 139 Å². The van der Waals surface area contributed by atoms with Gasteiger partial charge in [-0.2, -0.15) is 0 Å². The molecule has 5 aliphatic rings. The number of nitrogens with one attached hydrogen (secondary N) is 1. The number of nitrogens with zero attached hydrogens (tertiary/aromatic N) is 2. The third-order valence-electron chi connectivity index (χ3n) is 6.88. The van der Waals surface area contributed by atoms with Crippen LogP contribution in [0.5, 0.6) is 0 Å². The summed E-state index contributed by atoms with van der Waals surface area (Å²) in [4.78, 5) is 16.9. The van der Waals surface area contributed by atoms with E-state index in [9.17, 15) is 4.79 Å². The second-order valence-electron chi connectivity index (χ2n) is 8.69. The molecule has 5 heteroatoms. The van der Waals surface area contributed by atoms with E-state index in [1.807, 2.05) is 4.90 Å². The smallest absolute Gasteiger partial charge is 0.317 e. The molecule has 23 heavy (non-hydrogen) atoms. The van der Waals surface area contributed by atoms with Gasteiger partial charge in [0.05, 0.1) is 0 Å². The molecule has 0 aromatic carbocycles. The van der Waals surface area contributed by atoms with Crippen LogP contribution < -0.4 is 11.1 Å². The van der Waals surface area contributed by atoms with Crippen LogP contribution in [0.3, 0.4) is 0 Å². The lowest BCUT2D eigenvalue weighted by molar-refractivity contribution is -0.0503. The number of nitrogens with two attached hydrogens (primary N) is 1. The van der Waals surface area contributed by atoms with Crippen molar-refractivity contribution >= 4 is 6.03 Å². The van der Waals surface area contributed by atoms with Gasteiger partial charge in [0.2, 0.25) is 0 Å². The maximum absolute atomic E-state index is 12.5. The zero-order chi connectivity index (χ0) is 15.9. The van der Waals surface area contributed by atoms with Gasteiger partial charge in [-0.1, -0.05) is 0 Å². The average Bonchev–Trinajstić information content (AvgIpc) is 2.52. The third kappa shape index (κ3) is 3.22. The highest BCUT2D eigenvalue weighted by atomic mass is 16.2. The van der Waals surface area contributed by atoms with E-state index in [4.69, 9.17) is 5.73 Å². The van der Waals surface area contributed by atoms with Crippen LogP contribution >= 0.6 is 0 Å². The highest BCUT2D eigenvalue weighted by molar-refractivity contribution is 5.74. The molecule has 0 unspecified atom stereocenters. The van der Waals surface area contributed by atoms with Crippen molar-refractivity contribution in [1.82, 2.24) is 15.1 Å². The molecule has 1 aliphatic heterocycles. The largest absolute Gasteiger partial charge is 0.337 e. The molecule has 0 aromatic rings. The molecule has 2 amide bonds. The lowest BCUT2D eigenvalue weighted by Crippen LogP contribution is -2.55. The Morgan fingerprint density at radius 2 is 1.57 bits per heavy atom. The molecular weight excluding hydrogens is 288 g/mol. The summed E-state index contributed by atoms with van der Waals surface area (Å²) in [6, 6.07) is 0.160. The first-order chi connectivity index (χ1) is 11.2. The number of amides is 2. The second kappa shape index (κ2) is 6.25. The molecule has 1 heterocycles. The molecule has 5 nitrogen and oxygen atoms in total. The molecule has 5 rings (SSSR count). The molecule has 5 fully saturated rings. The van der Waals surface area contributed by atoms with Gasteiger partial charge in [-0.15, -0.1) is 0 Å². The second-order valence-corrected chi connectivity index (χ2v) is 8.69. The quantitative estimate of drug-likeness (QED) is 0.825. The van der Waals surface area contributed by atoms with Gasteiger partial charge < -0.3 is 16.0 Å². The van der Waals surface area contributed by atoms with Crippen LogP contribution in [0.4, 0.5) is 4.79 Å². The van der Waals surface area contributed by atoms with Crippen molar-refractivity contribution in [1.29, 1.82) is 0 Å². The minimum absolute atomic E-state index is 0.160. The predicted molar refractivity (Wildman–Crippen MR) is 91.1 cm³/mol. The summed E-state index contributed by atoms with van der Waals surface area (Å²) in [6.45, 7) is 6.17. The summed E-state index contributed by atoms with van der Waals surface area (Å²) in [5.74, 6) is 2.87. The van der Waals surface area contributed by atoms with Crippen molar-refractivity contribution in [2.75, 3.05) is 45.8 Å². The number of urea groups is 1. The first-order valence-electron chi connectivity index (χ1n) is 9.61. The van der Waals surface area contributed by atoms with Crippen molar-refractivity contribution in [3.05, 3.63) is 0 Å². The summed E-state index contributed by atoms with van der Waals surface area (Å²) < 4.78 is 0. The first kappa shape index (κ1) is 15.7. The summed E-state index contributed by atoms with van der Waals surface area (Å²) in [5, 5.41) is 3.30. The van der Waals surface area contributed by atoms with Crippen molar-refractivity contribution in [2.45, 2.75) is 38.5 Å². The molecular formula is C18H32N4O. The Hall–Kier alpha value is -0.810. The Balaban J connectivity index is 1.27. The molecule has 0 atom stereocenters. The molecule has 130 valence electrons. The summed E-state index contributed by atoms with van der Waals surface area (Å²) in [5.41, 5.74) is 6.05. The Morgan fingerprint density at radius 1 is 1.00 bits per heavy atom. The lowest BCUT2D eigenvalue weighted by Gasteiger charge is -2.57. The van der Waals surface area contributed by atoms with Gasteiger partial charge in [-0.05, 0) is 61.7 Å². The van der Waals surface area contributed by atoms with E-state index < -0.39 is 0 Å². The fourth-order valence-electron chi connectivity index (χ4n) is 6.24. The summed E-state index contributed by atoms with van der Waals surface area (Å²) >= 11 is 0. The van der Waals surface area contributed by atoms with Gasteiger partial charge >= 0.3 is 6.03 Å². The van der Waals surface area contributed by atoms with E-state index in [0.29, 0.717) is 12.0 Å². The highest BCUT2D eigenvalue weighted by Crippen LogP contribution is 2.59. The van der Waals surface area contributed by atoms with Gasteiger partial charge in [0.1, 0.15) is 0 Å². The number of carbonyl (C=O) groups excluding carboxylic acids is 1. The number of hydrogen-bond acceptors (Lipinski definition) is 3. The Kier molecular flexibility index (Phi) is 4.26. The van der Waals surface area contributed by atoms with Gasteiger partial charge in [0.25, 0.3) is 0 Å². The lowest BCUT2D eigenvalue weighted by atomic mass is 9.49. The number of hydrogen-bond donors (Lipinski definition) is 2. The first-order valence-corrected chi connectivity index (χ1v) is 9.61. The Bertz CT molecular complexity index is 409. The molecule has 4 bridgehead atoms. The van der Waals surface area contributed by atoms with E-state index in [0.717, 1.165) is 57.0 Å². The van der Waals surface area contributed by atoms with Crippen LogP contribution in [-0.2, 0) is 0 Å². The van der Waals surface area contributed by atoms with Crippen LogP contribution in [0.15, 0.2) is 0 Å². The van der Waals surface area contributed by atoms with Crippen LogP contribution in [0.25, 0.3) is 0 Å². The van der Waals surface area contributed by atoms with Gasteiger partial charge in [0, 0.05) is 45.8 Å². The zero-order valence-electron chi connectivity index (χ0n) is 14.3. The third-order valence-corrected chi connectivity index (χ3v) is 6.88. The van der Waals surface area contributed by atoms with E-state index in [1.165, 1.54) is 38.5 Å². The maximum Gasteiger partial charge on any atom is 0.317 e. The van der Waals surface area contributed by atoms with E-state index in [1.54, 1.807) is 0 Å². The molecule has 3 N–H and O–H groups in total. The Morgan fingerprint density at radius 3 is 2.09 bits per heavy atom. The standard InChI is InChI=1S/C18H32N4O/c19-1-2-21-3-5-22(6-4-21)17(23)20-13-18-10-14-7-15(11-18)9-16(8-14)12-18/h14-16H,1-13,19H2,(H,20,23). The van der Waals surface area contributed by atoms with Crippen molar-refractivity contribution < 1.29 is 4.79 Å². The number of rotatable bonds is 4. The van der Waals surface area contributed by atoms with E-state index >= 15 is 0 Å². The molecule has 1 saturated heterocycles. The van der Waals surface area contributed by atoms with Crippen LogP contribution in [0.1, 0.15) is 38.5 Å². The normalized spacial score (nSPS) is 39.7. The SMILES string of the molecule is NCCN1CCN(C(=O)NCC23CC4CC(CC(C4)C2)C3)CC1.